The molecule has 0 heterocycles. The highest BCUT2D eigenvalue weighted by Crippen LogP contribution is 2.25. The van der Waals surface area contributed by atoms with Gasteiger partial charge in [-0.25, -0.2) is 0 Å². The highest BCUT2D eigenvalue weighted by atomic mass is 79.9. The van der Waals surface area contributed by atoms with Gasteiger partial charge in [-0.2, -0.15) is 0 Å². The van der Waals surface area contributed by atoms with E-state index in [1.165, 1.54) is 5.56 Å². The maximum absolute atomic E-state index is 8.87. The Hall–Kier alpha value is -0.830. The molecule has 68 valence electrons. The van der Waals surface area contributed by atoms with Gasteiger partial charge in [-0.05, 0) is 18.4 Å². The van der Waals surface area contributed by atoms with Crippen molar-refractivity contribution in [1.82, 2.24) is 0 Å². The van der Waals surface area contributed by atoms with Gasteiger partial charge >= 0.3 is 0 Å². The van der Waals surface area contributed by atoms with Crippen LogP contribution >= 0.6 is 15.9 Å². The molecule has 1 unspecified atom stereocenters. The quantitative estimate of drug-likeness (QED) is 0.422. The summed E-state index contributed by atoms with van der Waals surface area (Å²) in [5.41, 5.74) is 3.09. The monoisotopic (exact) mass is 239 g/mol. The first-order chi connectivity index (χ1) is 6.33. The van der Waals surface area contributed by atoms with Crippen molar-refractivity contribution in [1.29, 1.82) is 0 Å². The molecule has 0 amide bonds. The van der Waals surface area contributed by atoms with Gasteiger partial charge in [0.25, 0.3) is 0 Å². The minimum absolute atomic E-state index is 0.187. The van der Waals surface area contributed by atoms with Crippen LogP contribution in [0, 0.1) is 0 Å². The lowest BCUT2D eigenvalue weighted by atomic mass is 9.90. The van der Waals surface area contributed by atoms with Crippen LogP contribution in [0.3, 0.4) is 0 Å². The summed E-state index contributed by atoms with van der Waals surface area (Å²) in [5.74, 6) is 0. The van der Waals surface area contributed by atoms with Gasteiger partial charge in [0.2, 0.25) is 0 Å². The molecule has 1 N–H and O–H groups in total. The van der Waals surface area contributed by atoms with E-state index in [2.05, 4.69) is 27.2 Å². The van der Waals surface area contributed by atoms with Gasteiger partial charge in [-0.15, -0.1) is 0 Å². The van der Waals surface area contributed by atoms with Crippen LogP contribution in [0.25, 0.3) is 0 Å². The van der Waals surface area contributed by atoms with Crippen molar-refractivity contribution >= 4 is 21.6 Å². The number of oxime groups is 1. The summed E-state index contributed by atoms with van der Waals surface area (Å²) in [6.45, 7) is 0. The van der Waals surface area contributed by atoms with Crippen LogP contribution in [0.4, 0.5) is 0 Å². The fraction of sp³-hybridized carbons (Fsp3) is 0.300. The van der Waals surface area contributed by atoms with E-state index in [0.717, 1.165) is 24.1 Å². The number of aryl methyl sites for hydroxylation is 1. The second kappa shape index (κ2) is 3.50. The molecule has 1 atom stereocenters. The van der Waals surface area contributed by atoms with Crippen molar-refractivity contribution in [2.75, 3.05) is 0 Å². The third-order valence-electron chi connectivity index (χ3n) is 2.36. The first-order valence-corrected chi connectivity index (χ1v) is 5.19. The first kappa shape index (κ1) is 8.75. The van der Waals surface area contributed by atoms with Crippen molar-refractivity contribution < 1.29 is 5.21 Å². The van der Waals surface area contributed by atoms with E-state index in [1.807, 2.05) is 18.2 Å². The van der Waals surface area contributed by atoms with Crippen LogP contribution in [0.5, 0.6) is 0 Å². The van der Waals surface area contributed by atoms with Crippen molar-refractivity contribution in [2.24, 2.45) is 5.16 Å². The molecular formula is C10H10BrNO. The molecule has 0 radical (unpaired) electrons. The predicted molar refractivity (Wildman–Crippen MR) is 55.8 cm³/mol. The molecular weight excluding hydrogens is 230 g/mol. The molecule has 1 aliphatic carbocycles. The van der Waals surface area contributed by atoms with E-state index in [1.54, 1.807) is 0 Å². The Morgan fingerprint density at radius 1 is 1.38 bits per heavy atom. The Bertz CT molecular complexity index is 349. The zero-order valence-corrected chi connectivity index (χ0v) is 8.66. The lowest BCUT2D eigenvalue weighted by Gasteiger charge is -2.20. The SMILES string of the molecule is O/N=C1\c2ccccc2CCC1Br. The third kappa shape index (κ3) is 1.48. The topological polar surface area (TPSA) is 32.6 Å². The average molecular weight is 240 g/mol. The Labute approximate surface area is 85.4 Å². The van der Waals surface area contributed by atoms with E-state index in [0.29, 0.717) is 0 Å². The molecule has 3 heteroatoms. The molecule has 0 aliphatic heterocycles. The third-order valence-corrected chi connectivity index (χ3v) is 3.26. The standard InChI is InChI=1S/C10H10BrNO/c11-9-6-5-7-3-1-2-4-8(7)10(9)12-13/h1-4,9,13H,5-6H2/b12-10+. The minimum atomic E-state index is 0.187. The molecule has 1 aromatic rings. The molecule has 0 spiro atoms. The highest BCUT2D eigenvalue weighted by molar-refractivity contribution is 9.10. The van der Waals surface area contributed by atoms with Crippen LogP contribution in [-0.4, -0.2) is 15.7 Å². The summed E-state index contributed by atoms with van der Waals surface area (Å²) in [4.78, 5) is 0.187. The van der Waals surface area contributed by atoms with E-state index in [-0.39, 0.29) is 4.83 Å². The zero-order valence-electron chi connectivity index (χ0n) is 7.07. The fourth-order valence-electron chi connectivity index (χ4n) is 1.69. The number of fused-ring (bicyclic) bond motifs is 1. The molecule has 13 heavy (non-hydrogen) atoms. The maximum atomic E-state index is 8.87. The summed E-state index contributed by atoms with van der Waals surface area (Å²) >= 11 is 3.49. The summed E-state index contributed by atoms with van der Waals surface area (Å²) in [5, 5.41) is 12.2. The van der Waals surface area contributed by atoms with Crippen LogP contribution in [0.1, 0.15) is 17.5 Å². The summed E-state index contributed by atoms with van der Waals surface area (Å²) in [6, 6.07) is 8.06. The Balaban J connectivity index is 2.52. The second-order valence-electron chi connectivity index (χ2n) is 3.15. The van der Waals surface area contributed by atoms with Gasteiger partial charge in [0.15, 0.2) is 0 Å². The van der Waals surface area contributed by atoms with Crippen LogP contribution in [0.2, 0.25) is 0 Å². The van der Waals surface area contributed by atoms with Crippen molar-refractivity contribution in [3.63, 3.8) is 0 Å². The van der Waals surface area contributed by atoms with Gasteiger partial charge in [-0.1, -0.05) is 45.4 Å². The molecule has 0 saturated carbocycles. The van der Waals surface area contributed by atoms with E-state index >= 15 is 0 Å². The minimum Gasteiger partial charge on any atom is -0.411 e. The lowest BCUT2D eigenvalue weighted by molar-refractivity contribution is 0.318. The molecule has 0 fully saturated rings. The number of benzene rings is 1. The van der Waals surface area contributed by atoms with Crippen molar-refractivity contribution in [3.05, 3.63) is 35.4 Å². The van der Waals surface area contributed by atoms with E-state index < -0.39 is 0 Å². The number of hydrogen-bond acceptors (Lipinski definition) is 2. The van der Waals surface area contributed by atoms with Crippen LogP contribution in [-0.2, 0) is 6.42 Å². The summed E-state index contributed by atoms with van der Waals surface area (Å²) in [7, 11) is 0. The molecule has 0 saturated heterocycles. The van der Waals surface area contributed by atoms with Crippen molar-refractivity contribution in [2.45, 2.75) is 17.7 Å². The lowest BCUT2D eigenvalue weighted by Crippen LogP contribution is -2.23. The second-order valence-corrected chi connectivity index (χ2v) is 4.25. The van der Waals surface area contributed by atoms with Crippen LogP contribution in [0.15, 0.2) is 29.4 Å². The number of rotatable bonds is 0. The highest BCUT2D eigenvalue weighted by Gasteiger charge is 2.23. The molecule has 1 aromatic carbocycles. The van der Waals surface area contributed by atoms with E-state index in [4.69, 9.17) is 5.21 Å². The Morgan fingerprint density at radius 2 is 2.15 bits per heavy atom. The maximum Gasteiger partial charge on any atom is 0.101 e. The van der Waals surface area contributed by atoms with E-state index in [9.17, 15) is 0 Å². The van der Waals surface area contributed by atoms with Gasteiger partial charge in [0.05, 0.1) is 4.83 Å². The van der Waals surface area contributed by atoms with Gasteiger partial charge in [0, 0.05) is 5.56 Å². The largest absolute Gasteiger partial charge is 0.411 e. The predicted octanol–water partition coefficient (Wildman–Crippen LogP) is 2.57. The molecule has 0 bridgehead atoms. The molecule has 1 aliphatic rings. The summed E-state index contributed by atoms with van der Waals surface area (Å²) in [6.07, 6.45) is 2.04. The molecule has 2 nitrogen and oxygen atoms in total. The normalized spacial score (nSPS) is 24.4. The summed E-state index contributed by atoms with van der Waals surface area (Å²) < 4.78 is 0. The van der Waals surface area contributed by atoms with Crippen molar-refractivity contribution in [3.8, 4) is 0 Å². The first-order valence-electron chi connectivity index (χ1n) is 4.27. The van der Waals surface area contributed by atoms with Gasteiger partial charge < -0.3 is 5.21 Å². The number of hydrogen-bond donors (Lipinski definition) is 1. The van der Waals surface area contributed by atoms with Gasteiger partial charge in [-0.3, -0.25) is 0 Å². The number of alkyl halides is 1. The van der Waals surface area contributed by atoms with Gasteiger partial charge in [0.1, 0.15) is 5.71 Å². The number of halogens is 1. The fourth-order valence-corrected chi connectivity index (χ4v) is 2.26. The Kier molecular flexibility index (Phi) is 2.36. The Morgan fingerprint density at radius 3 is 2.92 bits per heavy atom. The molecule has 2 rings (SSSR count). The number of nitrogens with zero attached hydrogens (tertiary/aromatic N) is 1. The zero-order chi connectivity index (χ0) is 9.26. The average Bonchev–Trinajstić information content (AvgIpc) is 2.18. The van der Waals surface area contributed by atoms with Crippen LogP contribution < -0.4 is 0 Å². The molecule has 0 aromatic heterocycles. The smallest absolute Gasteiger partial charge is 0.101 e.